The summed E-state index contributed by atoms with van der Waals surface area (Å²) < 4.78 is 0. The van der Waals surface area contributed by atoms with Crippen LogP contribution in [0.25, 0.3) is 0 Å². The minimum absolute atomic E-state index is 0.219. The average molecular weight is 283 g/mol. The molecule has 5 nitrogen and oxygen atoms in total. The maximum absolute atomic E-state index is 11.1. The predicted molar refractivity (Wildman–Crippen MR) is 78.1 cm³/mol. The van der Waals surface area contributed by atoms with Crippen molar-refractivity contribution in [2.45, 2.75) is 32.4 Å². The Labute approximate surface area is 123 Å². The number of carboxylic acids is 1. The van der Waals surface area contributed by atoms with Crippen LogP contribution in [0.15, 0.2) is 30.5 Å². The van der Waals surface area contributed by atoms with Crippen molar-refractivity contribution >= 4 is 5.97 Å². The van der Waals surface area contributed by atoms with Gasteiger partial charge in [0.05, 0.1) is 23.0 Å². The predicted octanol–water partition coefficient (Wildman–Crippen LogP) is 2.26. The molecule has 0 radical (unpaired) electrons. The number of rotatable bonds is 4. The first kappa shape index (κ1) is 13.7. The normalized spacial score (nSPS) is 16.7. The molecule has 0 aromatic carbocycles. The van der Waals surface area contributed by atoms with Gasteiger partial charge in [-0.25, -0.2) is 4.79 Å². The first-order chi connectivity index (χ1) is 10.1. The Morgan fingerprint density at radius 1 is 1.48 bits per heavy atom. The van der Waals surface area contributed by atoms with E-state index >= 15 is 0 Å². The summed E-state index contributed by atoms with van der Waals surface area (Å²) in [5.74, 6) is -0.922. The Kier molecular flexibility index (Phi) is 3.66. The number of aromatic nitrogens is 2. The van der Waals surface area contributed by atoms with Gasteiger partial charge in [-0.3, -0.25) is 9.97 Å². The number of aromatic carboxylic acids is 1. The molecule has 1 aliphatic carbocycles. The number of hydrogen-bond donors (Lipinski definition) is 2. The second kappa shape index (κ2) is 5.61. The van der Waals surface area contributed by atoms with Gasteiger partial charge in [0.25, 0.3) is 0 Å². The number of nitrogens with zero attached hydrogens (tertiary/aromatic N) is 2. The summed E-state index contributed by atoms with van der Waals surface area (Å²) in [7, 11) is 0. The zero-order valence-electron chi connectivity index (χ0n) is 11.8. The summed E-state index contributed by atoms with van der Waals surface area (Å²) in [6.45, 7) is 2.35. The van der Waals surface area contributed by atoms with Crippen LogP contribution in [0.3, 0.4) is 0 Å². The summed E-state index contributed by atoms with van der Waals surface area (Å²) in [5, 5.41) is 12.5. The molecule has 0 bridgehead atoms. The number of carboxylic acid groups (broad SMARTS) is 1. The van der Waals surface area contributed by atoms with E-state index in [1.54, 1.807) is 12.1 Å². The molecule has 2 aromatic heterocycles. The summed E-state index contributed by atoms with van der Waals surface area (Å²) in [6, 6.07) is 7.49. The van der Waals surface area contributed by atoms with Gasteiger partial charge >= 0.3 is 5.97 Å². The molecule has 21 heavy (non-hydrogen) atoms. The molecule has 5 heteroatoms. The zero-order valence-corrected chi connectivity index (χ0v) is 11.8. The van der Waals surface area contributed by atoms with E-state index in [9.17, 15) is 4.79 Å². The van der Waals surface area contributed by atoms with Crippen molar-refractivity contribution < 1.29 is 9.90 Å². The summed E-state index contributed by atoms with van der Waals surface area (Å²) in [5.41, 5.74) is 4.14. The summed E-state index contributed by atoms with van der Waals surface area (Å²) in [4.78, 5) is 19.9. The molecule has 0 spiro atoms. The van der Waals surface area contributed by atoms with E-state index in [0.717, 1.165) is 29.9 Å². The lowest BCUT2D eigenvalue weighted by atomic mass is 10.1. The molecule has 108 valence electrons. The van der Waals surface area contributed by atoms with Crippen LogP contribution < -0.4 is 5.32 Å². The van der Waals surface area contributed by atoms with Crippen molar-refractivity contribution in [3.05, 3.63) is 58.7 Å². The first-order valence-corrected chi connectivity index (χ1v) is 7.01. The SMILES string of the molecule is Cc1cc(C(=O)O)cc(CN[C@H]2CCc3cccnc32)n1. The van der Waals surface area contributed by atoms with Crippen molar-refractivity contribution in [3.63, 3.8) is 0 Å². The number of pyridine rings is 2. The molecule has 0 saturated carbocycles. The molecule has 0 aliphatic heterocycles. The molecular weight excluding hydrogens is 266 g/mol. The van der Waals surface area contributed by atoms with Gasteiger partial charge in [0.1, 0.15) is 0 Å². The van der Waals surface area contributed by atoms with Gasteiger partial charge in [0.2, 0.25) is 0 Å². The van der Waals surface area contributed by atoms with Crippen LogP contribution in [0.1, 0.15) is 45.5 Å². The van der Waals surface area contributed by atoms with Gasteiger partial charge < -0.3 is 10.4 Å². The highest BCUT2D eigenvalue weighted by Gasteiger charge is 2.23. The number of hydrogen-bond acceptors (Lipinski definition) is 4. The lowest BCUT2D eigenvalue weighted by Gasteiger charge is -2.13. The number of nitrogens with one attached hydrogen (secondary N) is 1. The summed E-state index contributed by atoms with van der Waals surface area (Å²) in [6.07, 6.45) is 3.86. The lowest BCUT2D eigenvalue weighted by Crippen LogP contribution is -2.20. The van der Waals surface area contributed by atoms with Crippen LogP contribution in [0, 0.1) is 6.92 Å². The van der Waals surface area contributed by atoms with Crippen LogP contribution in [0.2, 0.25) is 0 Å². The smallest absolute Gasteiger partial charge is 0.335 e. The largest absolute Gasteiger partial charge is 0.478 e. The highest BCUT2D eigenvalue weighted by atomic mass is 16.4. The molecule has 0 saturated heterocycles. The first-order valence-electron chi connectivity index (χ1n) is 7.01. The number of aryl methyl sites for hydroxylation is 2. The van der Waals surface area contributed by atoms with Gasteiger partial charge in [0.15, 0.2) is 0 Å². The van der Waals surface area contributed by atoms with Gasteiger partial charge in [-0.15, -0.1) is 0 Å². The molecule has 0 unspecified atom stereocenters. The van der Waals surface area contributed by atoms with E-state index in [1.807, 2.05) is 19.2 Å². The molecule has 1 aliphatic rings. The second-order valence-electron chi connectivity index (χ2n) is 5.31. The molecule has 3 rings (SSSR count). The Bertz CT molecular complexity index is 685. The monoisotopic (exact) mass is 283 g/mol. The van der Waals surface area contributed by atoms with Gasteiger partial charge in [0, 0.05) is 18.4 Å². The van der Waals surface area contributed by atoms with Crippen LogP contribution in [-0.4, -0.2) is 21.0 Å². The Balaban J connectivity index is 1.73. The van der Waals surface area contributed by atoms with E-state index in [4.69, 9.17) is 5.11 Å². The van der Waals surface area contributed by atoms with E-state index in [2.05, 4.69) is 21.4 Å². The minimum atomic E-state index is -0.922. The van der Waals surface area contributed by atoms with Crippen molar-refractivity contribution in [2.75, 3.05) is 0 Å². The topological polar surface area (TPSA) is 75.1 Å². The molecule has 0 fully saturated rings. The second-order valence-corrected chi connectivity index (χ2v) is 5.31. The van der Waals surface area contributed by atoms with Gasteiger partial charge in [-0.2, -0.15) is 0 Å². The number of fused-ring (bicyclic) bond motifs is 1. The Morgan fingerprint density at radius 2 is 2.33 bits per heavy atom. The van der Waals surface area contributed by atoms with Gasteiger partial charge in [-0.1, -0.05) is 6.07 Å². The average Bonchev–Trinajstić information content (AvgIpc) is 2.88. The van der Waals surface area contributed by atoms with Crippen molar-refractivity contribution in [3.8, 4) is 0 Å². The highest BCUT2D eigenvalue weighted by molar-refractivity contribution is 5.87. The Morgan fingerprint density at radius 3 is 3.14 bits per heavy atom. The molecule has 2 N–H and O–H groups in total. The molecule has 0 amide bonds. The fourth-order valence-electron chi connectivity index (χ4n) is 2.79. The fourth-order valence-corrected chi connectivity index (χ4v) is 2.79. The van der Waals surface area contributed by atoms with Crippen molar-refractivity contribution in [2.24, 2.45) is 0 Å². The molecular formula is C16H17N3O2. The Hall–Kier alpha value is -2.27. The standard InChI is InChI=1S/C16H17N3O2/c1-10-7-12(16(20)21)8-13(19-10)9-18-14-5-4-11-3-2-6-17-15(11)14/h2-3,6-8,14,18H,4-5,9H2,1H3,(H,20,21)/t14-/m0/s1. The van der Waals surface area contributed by atoms with Crippen LogP contribution in [0.4, 0.5) is 0 Å². The zero-order chi connectivity index (χ0) is 14.8. The third-order valence-corrected chi connectivity index (χ3v) is 3.74. The van der Waals surface area contributed by atoms with Gasteiger partial charge in [-0.05, 0) is 43.5 Å². The number of carbonyl (C=O) groups is 1. The lowest BCUT2D eigenvalue weighted by molar-refractivity contribution is 0.0696. The third kappa shape index (κ3) is 2.92. The maximum Gasteiger partial charge on any atom is 0.335 e. The van der Waals surface area contributed by atoms with E-state index in [-0.39, 0.29) is 11.6 Å². The molecule has 2 aromatic rings. The summed E-state index contributed by atoms with van der Waals surface area (Å²) >= 11 is 0. The van der Waals surface area contributed by atoms with E-state index in [1.165, 1.54) is 5.56 Å². The van der Waals surface area contributed by atoms with Crippen molar-refractivity contribution in [1.29, 1.82) is 0 Å². The maximum atomic E-state index is 11.1. The highest BCUT2D eigenvalue weighted by Crippen LogP contribution is 2.28. The van der Waals surface area contributed by atoms with E-state index in [0.29, 0.717) is 6.54 Å². The van der Waals surface area contributed by atoms with Crippen LogP contribution in [0.5, 0.6) is 0 Å². The molecule has 1 atom stereocenters. The van der Waals surface area contributed by atoms with E-state index < -0.39 is 5.97 Å². The van der Waals surface area contributed by atoms with Crippen LogP contribution >= 0.6 is 0 Å². The quantitative estimate of drug-likeness (QED) is 0.900. The van der Waals surface area contributed by atoms with Crippen LogP contribution in [-0.2, 0) is 13.0 Å². The molecule has 2 heterocycles. The minimum Gasteiger partial charge on any atom is -0.478 e. The third-order valence-electron chi connectivity index (χ3n) is 3.74. The van der Waals surface area contributed by atoms with Crippen molar-refractivity contribution in [1.82, 2.24) is 15.3 Å². The fraction of sp³-hybridized carbons (Fsp3) is 0.312.